The van der Waals surface area contributed by atoms with Crippen molar-refractivity contribution >= 4 is 6.09 Å². The van der Waals surface area contributed by atoms with E-state index in [1.165, 1.54) is 4.90 Å². The minimum Gasteiger partial charge on any atom is -0.465 e. The minimum absolute atomic E-state index is 0.0663. The number of aliphatic hydroxyl groups excluding tert-OH is 1. The third kappa shape index (κ3) is 2.84. The van der Waals surface area contributed by atoms with Crippen LogP contribution in [0.3, 0.4) is 0 Å². The number of amides is 1. The number of nitrogens with zero attached hydrogens (tertiary/aromatic N) is 1. The Kier molecular flexibility index (Phi) is 3.60. The predicted octanol–water partition coefficient (Wildman–Crippen LogP) is 1.78. The van der Waals surface area contributed by atoms with Crippen molar-refractivity contribution in [1.82, 2.24) is 4.90 Å². The SMILES string of the molecule is CC(C)(C)C1CCC(CO)N(C(=O)O)C1. The van der Waals surface area contributed by atoms with Crippen LogP contribution in [0, 0.1) is 11.3 Å². The molecule has 0 aromatic carbocycles. The Bertz CT molecular complexity index is 234. The number of aliphatic hydroxyl groups is 1. The number of hydrogen-bond acceptors (Lipinski definition) is 2. The summed E-state index contributed by atoms with van der Waals surface area (Å²) in [5.74, 6) is 0.386. The zero-order chi connectivity index (χ0) is 11.6. The van der Waals surface area contributed by atoms with Crippen molar-refractivity contribution in [2.45, 2.75) is 39.7 Å². The molecule has 1 rings (SSSR count). The van der Waals surface area contributed by atoms with Crippen LogP contribution in [0.5, 0.6) is 0 Å². The molecule has 4 nitrogen and oxygen atoms in total. The first-order chi connectivity index (χ1) is 6.86. The van der Waals surface area contributed by atoms with Crippen molar-refractivity contribution in [2.75, 3.05) is 13.2 Å². The molecule has 15 heavy (non-hydrogen) atoms. The number of rotatable bonds is 1. The molecular formula is C11H21NO3. The van der Waals surface area contributed by atoms with Crippen molar-refractivity contribution in [3.05, 3.63) is 0 Å². The molecule has 0 radical (unpaired) electrons. The van der Waals surface area contributed by atoms with E-state index < -0.39 is 6.09 Å². The minimum atomic E-state index is -0.914. The van der Waals surface area contributed by atoms with Gasteiger partial charge in [-0.15, -0.1) is 0 Å². The molecule has 1 aliphatic heterocycles. The van der Waals surface area contributed by atoms with Crippen molar-refractivity contribution in [1.29, 1.82) is 0 Å². The molecule has 2 N–H and O–H groups in total. The largest absolute Gasteiger partial charge is 0.465 e. The highest BCUT2D eigenvalue weighted by molar-refractivity contribution is 5.65. The van der Waals surface area contributed by atoms with Crippen LogP contribution >= 0.6 is 0 Å². The van der Waals surface area contributed by atoms with Crippen LogP contribution in [-0.2, 0) is 0 Å². The maximum absolute atomic E-state index is 11.0. The average molecular weight is 215 g/mol. The Labute approximate surface area is 90.9 Å². The van der Waals surface area contributed by atoms with E-state index in [1.54, 1.807) is 0 Å². The molecule has 0 bridgehead atoms. The zero-order valence-electron chi connectivity index (χ0n) is 9.73. The van der Waals surface area contributed by atoms with E-state index in [-0.39, 0.29) is 18.1 Å². The topological polar surface area (TPSA) is 60.8 Å². The third-order valence-corrected chi connectivity index (χ3v) is 3.39. The van der Waals surface area contributed by atoms with Gasteiger partial charge in [-0.2, -0.15) is 0 Å². The van der Waals surface area contributed by atoms with E-state index in [4.69, 9.17) is 10.2 Å². The summed E-state index contributed by atoms with van der Waals surface area (Å²) in [5.41, 5.74) is 0.133. The molecule has 1 saturated heterocycles. The lowest BCUT2D eigenvalue weighted by molar-refractivity contribution is 0.0320. The van der Waals surface area contributed by atoms with Crippen molar-refractivity contribution < 1.29 is 15.0 Å². The Morgan fingerprint density at radius 2 is 2.00 bits per heavy atom. The Balaban J connectivity index is 2.70. The lowest BCUT2D eigenvalue weighted by atomic mass is 9.75. The summed E-state index contributed by atoms with van der Waals surface area (Å²) < 4.78 is 0. The molecule has 2 unspecified atom stereocenters. The molecule has 0 aromatic heterocycles. The van der Waals surface area contributed by atoms with Gasteiger partial charge in [0.2, 0.25) is 0 Å². The normalized spacial score (nSPS) is 27.9. The predicted molar refractivity (Wildman–Crippen MR) is 57.8 cm³/mol. The van der Waals surface area contributed by atoms with Crippen LogP contribution in [0.25, 0.3) is 0 Å². The molecule has 88 valence electrons. The van der Waals surface area contributed by atoms with Crippen LogP contribution in [-0.4, -0.2) is 40.4 Å². The van der Waals surface area contributed by atoms with Crippen LogP contribution < -0.4 is 0 Å². The monoisotopic (exact) mass is 215 g/mol. The highest BCUT2D eigenvalue weighted by atomic mass is 16.4. The van der Waals surface area contributed by atoms with Gasteiger partial charge < -0.3 is 15.1 Å². The molecule has 4 heteroatoms. The van der Waals surface area contributed by atoms with Crippen molar-refractivity contribution in [3.8, 4) is 0 Å². The van der Waals surface area contributed by atoms with E-state index in [1.807, 2.05) is 0 Å². The number of likely N-dealkylation sites (tertiary alicyclic amines) is 1. The van der Waals surface area contributed by atoms with Crippen molar-refractivity contribution in [3.63, 3.8) is 0 Å². The second kappa shape index (κ2) is 4.39. The average Bonchev–Trinajstić information content (AvgIpc) is 2.15. The van der Waals surface area contributed by atoms with Crippen LogP contribution in [0.2, 0.25) is 0 Å². The fraction of sp³-hybridized carbons (Fsp3) is 0.909. The molecule has 0 saturated carbocycles. The third-order valence-electron chi connectivity index (χ3n) is 3.39. The Morgan fingerprint density at radius 1 is 1.40 bits per heavy atom. The van der Waals surface area contributed by atoms with Gasteiger partial charge in [-0.3, -0.25) is 0 Å². The first-order valence-electron chi connectivity index (χ1n) is 5.46. The van der Waals surface area contributed by atoms with E-state index in [0.717, 1.165) is 12.8 Å². The van der Waals surface area contributed by atoms with Gasteiger partial charge in [0, 0.05) is 6.54 Å². The number of hydrogen-bond donors (Lipinski definition) is 2. The van der Waals surface area contributed by atoms with Crippen molar-refractivity contribution in [2.24, 2.45) is 11.3 Å². The first-order valence-corrected chi connectivity index (χ1v) is 5.46. The first kappa shape index (κ1) is 12.3. The smallest absolute Gasteiger partial charge is 0.407 e. The molecule has 0 aromatic rings. The summed E-state index contributed by atoms with van der Waals surface area (Å²) in [6.45, 7) is 6.89. The summed E-state index contributed by atoms with van der Waals surface area (Å²) in [6.07, 6.45) is 0.853. The summed E-state index contributed by atoms with van der Waals surface area (Å²) >= 11 is 0. The highest BCUT2D eigenvalue weighted by Crippen LogP contribution is 2.35. The van der Waals surface area contributed by atoms with Gasteiger partial charge in [0.1, 0.15) is 0 Å². The molecule has 2 atom stereocenters. The second-order valence-electron chi connectivity index (χ2n) is 5.41. The lowest BCUT2D eigenvalue weighted by Crippen LogP contribution is -2.50. The molecule has 1 amide bonds. The second-order valence-corrected chi connectivity index (χ2v) is 5.41. The Morgan fingerprint density at radius 3 is 2.40 bits per heavy atom. The maximum Gasteiger partial charge on any atom is 0.407 e. The highest BCUT2D eigenvalue weighted by Gasteiger charge is 2.36. The fourth-order valence-corrected chi connectivity index (χ4v) is 2.16. The van der Waals surface area contributed by atoms with Crippen LogP contribution in [0.4, 0.5) is 4.79 Å². The van der Waals surface area contributed by atoms with E-state index in [9.17, 15) is 4.79 Å². The zero-order valence-corrected chi connectivity index (χ0v) is 9.73. The van der Waals surface area contributed by atoms with Gasteiger partial charge >= 0.3 is 6.09 Å². The number of carboxylic acid groups (broad SMARTS) is 1. The van der Waals surface area contributed by atoms with Gasteiger partial charge in [0.25, 0.3) is 0 Å². The maximum atomic E-state index is 11.0. The molecule has 1 fully saturated rings. The van der Waals surface area contributed by atoms with E-state index in [0.29, 0.717) is 12.5 Å². The molecule has 1 heterocycles. The molecule has 1 aliphatic rings. The van der Waals surface area contributed by atoms with Crippen LogP contribution in [0.1, 0.15) is 33.6 Å². The molecular weight excluding hydrogens is 194 g/mol. The quantitative estimate of drug-likeness (QED) is 0.701. The van der Waals surface area contributed by atoms with E-state index in [2.05, 4.69) is 20.8 Å². The summed E-state index contributed by atoms with van der Waals surface area (Å²) in [7, 11) is 0. The Hall–Kier alpha value is -0.770. The van der Waals surface area contributed by atoms with Gasteiger partial charge in [-0.25, -0.2) is 4.79 Å². The number of carbonyl (C=O) groups is 1. The lowest BCUT2D eigenvalue weighted by Gasteiger charge is -2.42. The summed E-state index contributed by atoms with van der Waals surface area (Å²) in [5, 5.41) is 18.1. The van der Waals surface area contributed by atoms with Gasteiger partial charge in [-0.1, -0.05) is 20.8 Å². The summed E-state index contributed by atoms with van der Waals surface area (Å²) in [6, 6.07) is -0.207. The molecule has 0 aliphatic carbocycles. The van der Waals surface area contributed by atoms with Crippen LogP contribution in [0.15, 0.2) is 0 Å². The standard InChI is InChI=1S/C11H21NO3/c1-11(2,3)8-4-5-9(7-13)12(6-8)10(14)15/h8-9,13H,4-7H2,1-3H3,(H,14,15). The summed E-state index contributed by atoms with van der Waals surface area (Å²) in [4.78, 5) is 12.4. The van der Waals surface area contributed by atoms with Gasteiger partial charge in [0.15, 0.2) is 0 Å². The van der Waals surface area contributed by atoms with E-state index >= 15 is 0 Å². The van der Waals surface area contributed by atoms with Gasteiger partial charge in [0.05, 0.1) is 12.6 Å². The molecule has 0 spiro atoms. The number of piperidine rings is 1. The fourth-order valence-electron chi connectivity index (χ4n) is 2.16. The van der Waals surface area contributed by atoms with Gasteiger partial charge in [-0.05, 0) is 24.2 Å².